The second-order valence-electron chi connectivity index (χ2n) is 6.49. The van der Waals surface area contributed by atoms with E-state index in [0.29, 0.717) is 6.04 Å². The molecule has 17 heavy (non-hydrogen) atoms. The predicted octanol–water partition coefficient (Wildman–Crippen LogP) is 1.56. The standard InChI is InChI=1S/C14H28N2O/c1-12-9-16(10-13(12)15(2)3)11-14(17)7-5-4-6-8-14/h12-13,17H,4-11H2,1-3H3. The van der Waals surface area contributed by atoms with Crippen molar-refractivity contribution in [3.63, 3.8) is 0 Å². The van der Waals surface area contributed by atoms with Crippen LogP contribution in [0.1, 0.15) is 39.0 Å². The normalized spacial score (nSPS) is 34.4. The molecule has 0 radical (unpaired) electrons. The van der Waals surface area contributed by atoms with Crippen molar-refractivity contribution in [2.24, 2.45) is 5.92 Å². The van der Waals surface area contributed by atoms with Gasteiger partial charge < -0.3 is 10.0 Å². The molecule has 100 valence electrons. The number of likely N-dealkylation sites (tertiary alicyclic amines) is 1. The minimum atomic E-state index is -0.390. The van der Waals surface area contributed by atoms with E-state index in [1.54, 1.807) is 0 Å². The average molecular weight is 240 g/mol. The Kier molecular flexibility index (Phi) is 4.11. The van der Waals surface area contributed by atoms with Gasteiger partial charge in [-0.3, -0.25) is 4.90 Å². The molecule has 1 saturated carbocycles. The van der Waals surface area contributed by atoms with E-state index < -0.39 is 0 Å². The number of hydrogen-bond acceptors (Lipinski definition) is 3. The summed E-state index contributed by atoms with van der Waals surface area (Å²) in [6.07, 6.45) is 5.72. The van der Waals surface area contributed by atoms with Crippen molar-refractivity contribution in [3.8, 4) is 0 Å². The lowest BCUT2D eigenvalue weighted by Crippen LogP contribution is -2.44. The average Bonchev–Trinajstić information content (AvgIpc) is 2.59. The van der Waals surface area contributed by atoms with Crippen molar-refractivity contribution in [2.75, 3.05) is 33.7 Å². The minimum absolute atomic E-state index is 0.390. The Morgan fingerprint density at radius 1 is 1.18 bits per heavy atom. The summed E-state index contributed by atoms with van der Waals surface area (Å²) in [7, 11) is 4.33. The van der Waals surface area contributed by atoms with Gasteiger partial charge in [-0.15, -0.1) is 0 Å². The topological polar surface area (TPSA) is 26.7 Å². The lowest BCUT2D eigenvalue weighted by atomic mass is 9.84. The first-order valence-electron chi connectivity index (χ1n) is 7.11. The molecule has 1 N–H and O–H groups in total. The van der Waals surface area contributed by atoms with Gasteiger partial charge >= 0.3 is 0 Å². The van der Waals surface area contributed by atoms with Crippen LogP contribution in [-0.4, -0.2) is 60.3 Å². The van der Waals surface area contributed by atoms with Gasteiger partial charge in [0.1, 0.15) is 0 Å². The van der Waals surface area contributed by atoms with Crippen LogP contribution in [0.4, 0.5) is 0 Å². The van der Waals surface area contributed by atoms with Crippen LogP contribution in [-0.2, 0) is 0 Å². The van der Waals surface area contributed by atoms with Crippen molar-refractivity contribution < 1.29 is 5.11 Å². The highest BCUT2D eigenvalue weighted by molar-refractivity contribution is 4.92. The molecule has 3 nitrogen and oxygen atoms in total. The number of β-amino-alcohol motifs (C(OH)–C–C–N with tert-alkyl or cyclic N) is 1. The molecule has 2 fully saturated rings. The molecule has 2 atom stereocenters. The summed E-state index contributed by atoms with van der Waals surface area (Å²) >= 11 is 0. The molecule has 0 aromatic carbocycles. The molecule has 2 unspecified atom stereocenters. The maximum absolute atomic E-state index is 10.6. The highest BCUT2D eigenvalue weighted by Crippen LogP contribution is 2.31. The SMILES string of the molecule is CC1CN(CC2(O)CCCCC2)CC1N(C)C. The smallest absolute Gasteiger partial charge is 0.0774 e. The van der Waals surface area contributed by atoms with Crippen LogP contribution in [0.2, 0.25) is 0 Å². The number of likely N-dealkylation sites (N-methyl/N-ethyl adjacent to an activating group) is 1. The molecule has 1 saturated heterocycles. The largest absolute Gasteiger partial charge is 0.389 e. The molecule has 0 aromatic heterocycles. The molecule has 1 aliphatic carbocycles. The molecule has 0 amide bonds. The van der Waals surface area contributed by atoms with Crippen LogP contribution in [0.3, 0.4) is 0 Å². The van der Waals surface area contributed by atoms with Gasteiger partial charge in [-0.25, -0.2) is 0 Å². The molecular formula is C14H28N2O. The van der Waals surface area contributed by atoms with Crippen LogP contribution in [0, 0.1) is 5.92 Å². The first-order chi connectivity index (χ1) is 8.00. The van der Waals surface area contributed by atoms with Crippen LogP contribution in [0.5, 0.6) is 0 Å². The van der Waals surface area contributed by atoms with Crippen molar-refractivity contribution in [3.05, 3.63) is 0 Å². The molecule has 0 bridgehead atoms. The van der Waals surface area contributed by atoms with Crippen LogP contribution < -0.4 is 0 Å². The third-order valence-electron chi connectivity index (χ3n) is 4.61. The molecule has 0 aromatic rings. The third-order valence-corrected chi connectivity index (χ3v) is 4.61. The zero-order valence-corrected chi connectivity index (χ0v) is 11.7. The van der Waals surface area contributed by atoms with Crippen molar-refractivity contribution >= 4 is 0 Å². The van der Waals surface area contributed by atoms with E-state index >= 15 is 0 Å². The van der Waals surface area contributed by atoms with Gasteiger partial charge in [-0.1, -0.05) is 26.2 Å². The number of rotatable bonds is 3. The zero-order valence-electron chi connectivity index (χ0n) is 11.7. The van der Waals surface area contributed by atoms with Gasteiger partial charge in [-0.05, 0) is 32.9 Å². The molecule has 0 spiro atoms. The van der Waals surface area contributed by atoms with Gasteiger partial charge in [0, 0.05) is 25.7 Å². The maximum atomic E-state index is 10.6. The number of nitrogens with zero attached hydrogens (tertiary/aromatic N) is 2. The quantitative estimate of drug-likeness (QED) is 0.811. The van der Waals surface area contributed by atoms with Crippen LogP contribution in [0.15, 0.2) is 0 Å². The highest BCUT2D eigenvalue weighted by atomic mass is 16.3. The van der Waals surface area contributed by atoms with Crippen LogP contribution >= 0.6 is 0 Å². The Balaban J connectivity index is 1.88. The van der Waals surface area contributed by atoms with E-state index in [-0.39, 0.29) is 5.60 Å². The Bertz CT molecular complexity index is 249. The summed E-state index contributed by atoms with van der Waals surface area (Å²) in [5.41, 5.74) is -0.390. The molecule has 3 heteroatoms. The van der Waals surface area contributed by atoms with E-state index in [2.05, 4.69) is 30.8 Å². The fourth-order valence-electron chi connectivity index (χ4n) is 3.63. The maximum Gasteiger partial charge on any atom is 0.0774 e. The van der Waals surface area contributed by atoms with Crippen molar-refractivity contribution in [1.29, 1.82) is 0 Å². The Morgan fingerprint density at radius 2 is 1.82 bits per heavy atom. The van der Waals surface area contributed by atoms with E-state index in [0.717, 1.165) is 38.4 Å². The highest BCUT2D eigenvalue weighted by Gasteiger charge is 2.37. The number of hydrogen-bond donors (Lipinski definition) is 1. The van der Waals surface area contributed by atoms with Gasteiger partial charge in [0.05, 0.1) is 5.60 Å². The van der Waals surface area contributed by atoms with Crippen molar-refractivity contribution in [1.82, 2.24) is 9.80 Å². The predicted molar refractivity (Wildman–Crippen MR) is 71.1 cm³/mol. The van der Waals surface area contributed by atoms with Crippen LogP contribution in [0.25, 0.3) is 0 Å². The summed E-state index contributed by atoms with van der Waals surface area (Å²) in [5.74, 6) is 0.720. The van der Waals surface area contributed by atoms with Gasteiger partial charge in [0.25, 0.3) is 0 Å². The van der Waals surface area contributed by atoms with Crippen molar-refractivity contribution in [2.45, 2.75) is 50.7 Å². The Labute approximate surface area is 106 Å². The molecule has 2 aliphatic rings. The third kappa shape index (κ3) is 3.21. The number of aliphatic hydroxyl groups is 1. The lowest BCUT2D eigenvalue weighted by Gasteiger charge is -2.35. The van der Waals surface area contributed by atoms with E-state index in [4.69, 9.17) is 0 Å². The van der Waals surface area contributed by atoms with E-state index in [1.807, 2.05) is 0 Å². The summed E-state index contributed by atoms with van der Waals surface area (Å²) in [5, 5.41) is 10.6. The van der Waals surface area contributed by atoms with Gasteiger partial charge in [0.15, 0.2) is 0 Å². The molecule has 2 rings (SSSR count). The minimum Gasteiger partial charge on any atom is -0.389 e. The summed E-state index contributed by atoms with van der Waals surface area (Å²) < 4.78 is 0. The first kappa shape index (κ1) is 13.3. The second-order valence-corrected chi connectivity index (χ2v) is 6.49. The fraction of sp³-hybridized carbons (Fsp3) is 1.00. The lowest BCUT2D eigenvalue weighted by molar-refractivity contribution is -0.0226. The fourth-order valence-corrected chi connectivity index (χ4v) is 3.63. The zero-order chi connectivity index (χ0) is 12.5. The summed E-state index contributed by atoms with van der Waals surface area (Å²) in [6, 6.07) is 0.655. The molecule has 1 aliphatic heterocycles. The second kappa shape index (κ2) is 5.25. The first-order valence-corrected chi connectivity index (χ1v) is 7.11. The van der Waals surface area contributed by atoms with Gasteiger partial charge in [0.2, 0.25) is 0 Å². The van der Waals surface area contributed by atoms with E-state index in [1.165, 1.54) is 19.3 Å². The monoisotopic (exact) mass is 240 g/mol. The van der Waals surface area contributed by atoms with Gasteiger partial charge in [-0.2, -0.15) is 0 Å². The Morgan fingerprint density at radius 3 is 2.35 bits per heavy atom. The molecular weight excluding hydrogens is 212 g/mol. The summed E-state index contributed by atoms with van der Waals surface area (Å²) in [6.45, 7) is 5.49. The van der Waals surface area contributed by atoms with E-state index in [9.17, 15) is 5.11 Å². The Hall–Kier alpha value is -0.120. The summed E-state index contributed by atoms with van der Waals surface area (Å²) in [4.78, 5) is 4.80. The molecule has 1 heterocycles.